The summed E-state index contributed by atoms with van der Waals surface area (Å²) < 4.78 is 5.59. The van der Waals surface area contributed by atoms with Crippen LogP contribution in [0, 0.1) is 11.8 Å². The van der Waals surface area contributed by atoms with Gasteiger partial charge in [-0.25, -0.2) is 4.79 Å². The molecule has 7 heteroatoms. The Bertz CT molecular complexity index is 606. The maximum Gasteiger partial charge on any atom is 0.317 e. The number of hydrogen-bond donors (Lipinski definition) is 1. The summed E-state index contributed by atoms with van der Waals surface area (Å²) in [5.41, 5.74) is 0. The lowest BCUT2D eigenvalue weighted by molar-refractivity contribution is 0.146. The van der Waals surface area contributed by atoms with Crippen LogP contribution < -0.4 is 5.32 Å². The first-order valence-electron chi connectivity index (χ1n) is 9.70. The van der Waals surface area contributed by atoms with Crippen molar-refractivity contribution in [3.8, 4) is 0 Å². The Labute approximate surface area is 149 Å². The number of likely N-dealkylation sites (tertiary alicyclic amines) is 2. The molecule has 3 fully saturated rings. The molecule has 1 atom stereocenters. The molecule has 138 valence electrons. The van der Waals surface area contributed by atoms with Gasteiger partial charge in [-0.15, -0.1) is 0 Å². The summed E-state index contributed by atoms with van der Waals surface area (Å²) in [6.45, 7) is 8.58. The second kappa shape index (κ2) is 6.94. The molecule has 1 unspecified atom stereocenters. The fourth-order valence-electron chi connectivity index (χ4n) is 3.72. The molecule has 0 aromatic carbocycles. The van der Waals surface area contributed by atoms with E-state index in [1.807, 2.05) is 4.90 Å². The molecule has 1 aliphatic carbocycles. The molecule has 1 N–H and O–H groups in total. The number of nitrogens with zero attached hydrogens (tertiary/aromatic N) is 4. The Hall–Kier alpha value is -1.63. The van der Waals surface area contributed by atoms with Gasteiger partial charge in [0.25, 0.3) is 0 Å². The van der Waals surface area contributed by atoms with E-state index in [4.69, 9.17) is 4.52 Å². The molecule has 2 aliphatic heterocycles. The Morgan fingerprint density at radius 2 is 2.12 bits per heavy atom. The third-order valence-corrected chi connectivity index (χ3v) is 5.49. The third kappa shape index (κ3) is 3.81. The highest BCUT2D eigenvalue weighted by Crippen LogP contribution is 2.37. The van der Waals surface area contributed by atoms with E-state index in [1.165, 1.54) is 25.8 Å². The average Bonchev–Trinajstić information content (AvgIpc) is 3.03. The van der Waals surface area contributed by atoms with Gasteiger partial charge in [0.2, 0.25) is 5.89 Å². The summed E-state index contributed by atoms with van der Waals surface area (Å²) in [5, 5.41) is 7.16. The minimum absolute atomic E-state index is 0.0140. The summed E-state index contributed by atoms with van der Waals surface area (Å²) in [7, 11) is 0. The number of amides is 2. The molecule has 4 rings (SSSR count). The maximum atomic E-state index is 12.0. The summed E-state index contributed by atoms with van der Waals surface area (Å²) in [6, 6.07) is 0.312. The van der Waals surface area contributed by atoms with Crippen LogP contribution in [-0.2, 0) is 0 Å². The van der Waals surface area contributed by atoms with E-state index in [0.717, 1.165) is 30.6 Å². The van der Waals surface area contributed by atoms with Gasteiger partial charge in [-0.05, 0) is 44.1 Å². The van der Waals surface area contributed by atoms with Crippen molar-refractivity contribution >= 4 is 6.03 Å². The van der Waals surface area contributed by atoms with Crippen molar-refractivity contribution in [1.82, 2.24) is 25.3 Å². The van der Waals surface area contributed by atoms with Crippen molar-refractivity contribution in [2.75, 3.05) is 32.7 Å². The molecule has 1 aromatic rings. The van der Waals surface area contributed by atoms with Crippen LogP contribution in [0.5, 0.6) is 0 Å². The number of carbonyl (C=O) groups is 1. The van der Waals surface area contributed by atoms with Crippen LogP contribution in [0.4, 0.5) is 4.79 Å². The lowest BCUT2D eigenvalue weighted by Gasteiger charge is -2.37. The molecule has 3 aliphatic rings. The van der Waals surface area contributed by atoms with Crippen LogP contribution in [-0.4, -0.2) is 58.7 Å². The van der Waals surface area contributed by atoms with Crippen LogP contribution in [0.15, 0.2) is 4.52 Å². The highest BCUT2D eigenvalue weighted by Gasteiger charge is 2.38. The number of rotatable bonds is 6. The lowest BCUT2D eigenvalue weighted by atomic mass is 10.00. The van der Waals surface area contributed by atoms with Gasteiger partial charge in [0.1, 0.15) is 0 Å². The SMILES string of the molecule is CC(C)CNC(=O)N1CC(c2noc(C3CCCN3CC3CC3)n2)C1. The third-order valence-electron chi connectivity index (χ3n) is 5.49. The monoisotopic (exact) mass is 347 g/mol. The molecule has 1 saturated carbocycles. The highest BCUT2D eigenvalue weighted by molar-refractivity contribution is 5.75. The predicted octanol–water partition coefficient (Wildman–Crippen LogP) is 2.38. The van der Waals surface area contributed by atoms with Gasteiger partial charge >= 0.3 is 6.03 Å². The van der Waals surface area contributed by atoms with Crippen LogP contribution in [0.1, 0.15) is 63.2 Å². The van der Waals surface area contributed by atoms with Crippen LogP contribution in [0.3, 0.4) is 0 Å². The van der Waals surface area contributed by atoms with Crippen molar-refractivity contribution in [3.63, 3.8) is 0 Å². The van der Waals surface area contributed by atoms with Crippen molar-refractivity contribution in [3.05, 3.63) is 11.7 Å². The molecule has 0 radical (unpaired) electrons. The first-order chi connectivity index (χ1) is 12.1. The van der Waals surface area contributed by atoms with E-state index < -0.39 is 0 Å². The molecule has 2 saturated heterocycles. The molecule has 1 aromatic heterocycles. The maximum absolute atomic E-state index is 12.0. The quantitative estimate of drug-likeness (QED) is 0.855. The lowest BCUT2D eigenvalue weighted by Crippen LogP contribution is -2.53. The molecule has 25 heavy (non-hydrogen) atoms. The molecular weight excluding hydrogens is 318 g/mol. The second-order valence-electron chi connectivity index (χ2n) is 8.27. The van der Waals surface area contributed by atoms with E-state index >= 15 is 0 Å². The van der Waals surface area contributed by atoms with Gasteiger partial charge in [0.15, 0.2) is 5.82 Å². The van der Waals surface area contributed by atoms with E-state index in [0.29, 0.717) is 31.6 Å². The summed E-state index contributed by atoms with van der Waals surface area (Å²) in [4.78, 5) is 21.0. The fourth-order valence-corrected chi connectivity index (χ4v) is 3.72. The largest absolute Gasteiger partial charge is 0.338 e. The van der Waals surface area contributed by atoms with Crippen LogP contribution in [0.25, 0.3) is 0 Å². The zero-order valence-electron chi connectivity index (χ0n) is 15.3. The van der Waals surface area contributed by atoms with Crippen LogP contribution >= 0.6 is 0 Å². The topological polar surface area (TPSA) is 74.5 Å². The first-order valence-corrected chi connectivity index (χ1v) is 9.70. The molecule has 0 spiro atoms. The van der Waals surface area contributed by atoms with Crippen molar-refractivity contribution < 1.29 is 9.32 Å². The summed E-state index contributed by atoms with van der Waals surface area (Å²) >= 11 is 0. The van der Waals surface area contributed by atoms with Crippen molar-refractivity contribution in [2.24, 2.45) is 11.8 Å². The molecular formula is C18H29N5O2. The van der Waals surface area contributed by atoms with E-state index in [2.05, 4.69) is 34.2 Å². The van der Waals surface area contributed by atoms with Gasteiger partial charge < -0.3 is 14.7 Å². The molecule has 3 heterocycles. The number of urea groups is 1. The highest BCUT2D eigenvalue weighted by atomic mass is 16.5. The number of nitrogens with one attached hydrogen (secondary N) is 1. The fraction of sp³-hybridized carbons (Fsp3) is 0.833. The average molecular weight is 347 g/mol. The van der Waals surface area contributed by atoms with E-state index in [1.54, 1.807) is 0 Å². The molecule has 7 nitrogen and oxygen atoms in total. The first kappa shape index (κ1) is 16.8. The van der Waals surface area contributed by atoms with Gasteiger partial charge in [-0.2, -0.15) is 4.98 Å². The van der Waals surface area contributed by atoms with Gasteiger partial charge in [-0.3, -0.25) is 4.90 Å². The Kier molecular flexibility index (Phi) is 4.67. The van der Waals surface area contributed by atoms with Gasteiger partial charge in [0.05, 0.1) is 12.0 Å². The smallest absolute Gasteiger partial charge is 0.317 e. The van der Waals surface area contributed by atoms with Crippen LogP contribution in [0.2, 0.25) is 0 Å². The minimum atomic E-state index is 0.0140. The Morgan fingerprint density at radius 1 is 1.32 bits per heavy atom. The van der Waals surface area contributed by atoms with Crippen molar-refractivity contribution in [1.29, 1.82) is 0 Å². The number of hydrogen-bond acceptors (Lipinski definition) is 5. The number of aromatic nitrogens is 2. The zero-order chi connectivity index (χ0) is 17.4. The van der Waals surface area contributed by atoms with Crippen molar-refractivity contribution in [2.45, 2.75) is 51.5 Å². The summed E-state index contributed by atoms with van der Waals surface area (Å²) in [5.74, 6) is 3.09. The van der Waals surface area contributed by atoms with E-state index in [9.17, 15) is 4.79 Å². The predicted molar refractivity (Wildman–Crippen MR) is 93.1 cm³/mol. The standard InChI is InChI=1S/C18H29N5O2/c1-12(2)8-19-18(24)23-10-14(11-23)16-20-17(25-21-16)15-4-3-7-22(15)9-13-5-6-13/h12-15H,3-11H2,1-2H3,(H,19,24). The Morgan fingerprint density at radius 3 is 2.84 bits per heavy atom. The molecule has 2 amide bonds. The minimum Gasteiger partial charge on any atom is -0.338 e. The Balaban J connectivity index is 1.29. The number of carbonyl (C=O) groups excluding carboxylic acids is 1. The van der Waals surface area contributed by atoms with Gasteiger partial charge in [-0.1, -0.05) is 19.0 Å². The molecule has 0 bridgehead atoms. The van der Waals surface area contributed by atoms with Gasteiger partial charge in [0, 0.05) is 26.2 Å². The second-order valence-corrected chi connectivity index (χ2v) is 8.27. The van der Waals surface area contributed by atoms with E-state index in [-0.39, 0.29) is 11.9 Å². The zero-order valence-corrected chi connectivity index (χ0v) is 15.3. The summed E-state index contributed by atoms with van der Waals surface area (Å²) in [6.07, 6.45) is 5.06. The normalized spacial score (nSPS) is 24.8.